The number of hydrogen-bond acceptors (Lipinski definition) is 1. The Hall–Kier alpha value is -0.280. The average Bonchev–Trinajstić information content (AvgIpc) is 1.84. The van der Waals surface area contributed by atoms with Crippen molar-refractivity contribution in [2.45, 2.75) is 0 Å². The minimum absolute atomic E-state index is 0.0944. The van der Waals surface area contributed by atoms with Gasteiger partial charge >= 0.3 is 0 Å². The van der Waals surface area contributed by atoms with Crippen LogP contribution in [0.2, 0.25) is 5.15 Å². The molecule has 1 aromatic rings. The minimum atomic E-state index is -0.0944. The summed E-state index contributed by atoms with van der Waals surface area (Å²) in [6, 6.07) is 1.37. The molecular formula is C6H5BrClNO. The summed E-state index contributed by atoms with van der Waals surface area (Å²) in [7, 11) is 1.77. The number of halogens is 2. The van der Waals surface area contributed by atoms with E-state index in [0.717, 1.165) is 0 Å². The van der Waals surface area contributed by atoms with Gasteiger partial charge in [0.25, 0.3) is 0 Å². The first-order chi connectivity index (χ1) is 4.61. The van der Waals surface area contributed by atoms with Crippen LogP contribution in [-0.4, -0.2) is 4.57 Å². The molecule has 0 aliphatic carbocycles. The van der Waals surface area contributed by atoms with Crippen LogP contribution >= 0.6 is 27.5 Å². The van der Waals surface area contributed by atoms with Gasteiger partial charge in [-0.25, -0.2) is 0 Å². The van der Waals surface area contributed by atoms with E-state index in [0.29, 0.717) is 9.63 Å². The van der Waals surface area contributed by atoms with Gasteiger partial charge in [0, 0.05) is 19.3 Å². The molecule has 0 N–H and O–H groups in total. The molecule has 0 amide bonds. The molecule has 0 spiro atoms. The van der Waals surface area contributed by atoms with Gasteiger partial charge in [0.1, 0.15) is 5.15 Å². The first-order valence-electron chi connectivity index (χ1n) is 2.63. The third-order valence-electron chi connectivity index (χ3n) is 1.13. The Morgan fingerprint density at radius 3 is 2.80 bits per heavy atom. The van der Waals surface area contributed by atoms with Gasteiger partial charge in [-0.05, 0) is 15.9 Å². The third kappa shape index (κ3) is 1.41. The topological polar surface area (TPSA) is 22.0 Å². The van der Waals surface area contributed by atoms with Gasteiger partial charge in [-0.3, -0.25) is 4.79 Å². The largest absolute Gasteiger partial charge is 0.340 e. The summed E-state index contributed by atoms with van der Waals surface area (Å²) >= 11 is 8.72. The molecule has 10 heavy (non-hydrogen) atoms. The maximum atomic E-state index is 10.8. The van der Waals surface area contributed by atoms with E-state index in [2.05, 4.69) is 15.9 Å². The van der Waals surface area contributed by atoms with Crippen LogP contribution in [0.15, 0.2) is 21.5 Å². The van der Waals surface area contributed by atoms with Crippen molar-refractivity contribution >= 4 is 27.5 Å². The lowest BCUT2D eigenvalue weighted by atomic mass is 10.5. The highest BCUT2D eigenvalue weighted by Gasteiger charge is 1.97. The summed E-state index contributed by atoms with van der Waals surface area (Å²) in [6.45, 7) is 0. The quantitative estimate of drug-likeness (QED) is 0.614. The summed E-state index contributed by atoms with van der Waals surface area (Å²) in [5.74, 6) is 0. The highest BCUT2D eigenvalue weighted by Crippen LogP contribution is 2.07. The van der Waals surface area contributed by atoms with Gasteiger partial charge < -0.3 is 4.57 Å². The molecule has 54 valence electrons. The zero-order valence-corrected chi connectivity index (χ0v) is 7.61. The standard InChI is InChI=1S/C6H5BrClNO/c1-9-3-4(7)5(10)2-6(9)8/h2-3H,1H3. The second-order valence-electron chi connectivity index (χ2n) is 1.92. The van der Waals surface area contributed by atoms with Crippen molar-refractivity contribution < 1.29 is 0 Å². The molecule has 1 aromatic heterocycles. The summed E-state index contributed by atoms with van der Waals surface area (Å²) in [4.78, 5) is 10.8. The molecule has 0 aliphatic heterocycles. The number of nitrogens with zero attached hydrogens (tertiary/aromatic N) is 1. The van der Waals surface area contributed by atoms with E-state index in [1.165, 1.54) is 6.07 Å². The molecule has 0 saturated heterocycles. The summed E-state index contributed by atoms with van der Waals surface area (Å²) in [5.41, 5.74) is -0.0944. The number of aryl methyl sites for hydroxylation is 1. The van der Waals surface area contributed by atoms with Gasteiger partial charge in [-0.1, -0.05) is 11.6 Å². The molecule has 2 nitrogen and oxygen atoms in total. The fourth-order valence-corrected chi connectivity index (χ4v) is 1.14. The van der Waals surface area contributed by atoms with Crippen molar-refractivity contribution in [2.24, 2.45) is 7.05 Å². The summed E-state index contributed by atoms with van der Waals surface area (Å²) < 4.78 is 2.19. The molecule has 1 rings (SSSR count). The normalized spacial score (nSPS) is 9.90. The van der Waals surface area contributed by atoms with Crippen molar-refractivity contribution in [3.05, 3.63) is 32.1 Å². The predicted molar refractivity (Wildman–Crippen MR) is 44.4 cm³/mol. The predicted octanol–water partition coefficient (Wildman–Crippen LogP) is 1.80. The zero-order chi connectivity index (χ0) is 7.72. The smallest absolute Gasteiger partial charge is 0.197 e. The van der Waals surface area contributed by atoms with Crippen LogP contribution in [0.25, 0.3) is 0 Å². The fourth-order valence-electron chi connectivity index (χ4n) is 0.574. The molecule has 0 bridgehead atoms. The Morgan fingerprint density at radius 1 is 1.70 bits per heavy atom. The van der Waals surface area contributed by atoms with Crippen LogP contribution in [0.1, 0.15) is 0 Å². The van der Waals surface area contributed by atoms with Crippen LogP contribution in [-0.2, 0) is 7.05 Å². The average molecular weight is 222 g/mol. The molecule has 0 aromatic carbocycles. The van der Waals surface area contributed by atoms with Gasteiger partial charge in [0.05, 0.1) is 4.47 Å². The maximum Gasteiger partial charge on any atom is 0.197 e. The number of hydrogen-bond donors (Lipinski definition) is 0. The van der Waals surface area contributed by atoms with Gasteiger partial charge in [-0.15, -0.1) is 0 Å². The van der Waals surface area contributed by atoms with Crippen LogP contribution in [0.3, 0.4) is 0 Å². The summed E-state index contributed by atoms with van der Waals surface area (Å²) in [6.07, 6.45) is 1.63. The second-order valence-corrected chi connectivity index (χ2v) is 3.16. The van der Waals surface area contributed by atoms with Crippen molar-refractivity contribution in [1.29, 1.82) is 0 Å². The lowest BCUT2D eigenvalue weighted by Gasteiger charge is -1.99. The molecule has 0 unspecified atom stereocenters. The van der Waals surface area contributed by atoms with Crippen molar-refractivity contribution in [3.63, 3.8) is 0 Å². The van der Waals surface area contributed by atoms with E-state index < -0.39 is 0 Å². The molecule has 0 fully saturated rings. The van der Waals surface area contributed by atoms with Crippen LogP contribution < -0.4 is 5.43 Å². The van der Waals surface area contributed by atoms with Crippen molar-refractivity contribution in [1.82, 2.24) is 4.57 Å². The van der Waals surface area contributed by atoms with E-state index in [1.54, 1.807) is 17.8 Å². The Labute approximate surface area is 71.6 Å². The first-order valence-corrected chi connectivity index (χ1v) is 3.80. The van der Waals surface area contributed by atoms with Gasteiger partial charge in [0.15, 0.2) is 5.43 Å². The molecule has 0 saturated carbocycles. The lowest BCUT2D eigenvalue weighted by molar-refractivity contribution is 0.895. The van der Waals surface area contributed by atoms with E-state index in [1.807, 2.05) is 0 Å². The SMILES string of the molecule is Cn1cc(Br)c(=O)cc1Cl. The van der Waals surface area contributed by atoms with Crippen LogP contribution in [0.4, 0.5) is 0 Å². The highest BCUT2D eigenvalue weighted by atomic mass is 79.9. The Balaban J connectivity index is 3.43. The highest BCUT2D eigenvalue weighted by molar-refractivity contribution is 9.10. The van der Waals surface area contributed by atoms with Crippen molar-refractivity contribution in [2.75, 3.05) is 0 Å². The third-order valence-corrected chi connectivity index (χ3v) is 2.10. The van der Waals surface area contributed by atoms with Crippen LogP contribution in [0.5, 0.6) is 0 Å². The van der Waals surface area contributed by atoms with Crippen LogP contribution in [0, 0.1) is 0 Å². The van der Waals surface area contributed by atoms with E-state index >= 15 is 0 Å². The number of rotatable bonds is 0. The Bertz CT molecular complexity index is 307. The fraction of sp³-hybridized carbons (Fsp3) is 0.167. The second kappa shape index (κ2) is 2.76. The van der Waals surface area contributed by atoms with E-state index in [-0.39, 0.29) is 5.43 Å². The molecule has 4 heteroatoms. The Morgan fingerprint density at radius 2 is 2.30 bits per heavy atom. The Kier molecular flexibility index (Phi) is 2.16. The summed E-state index contributed by atoms with van der Waals surface area (Å²) in [5, 5.41) is 0.438. The van der Waals surface area contributed by atoms with Gasteiger partial charge in [0.2, 0.25) is 0 Å². The molecular weight excluding hydrogens is 217 g/mol. The molecule has 0 atom stereocenters. The van der Waals surface area contributed by atoms with E-state index in [4.69, 9.17) is 11.6 Å². The van der Waals surface area contributed by atoms with Crippen molar-refractivity contribution in [3.8, 4) is 0 Å². The molecule has 1 heterocycles. The maximum absolute atomic E-state index is 10.8. The monoisotopic (exact) mass is 221 g/mol. The molecule has 0 aliphatic rings. The van der Waals surface area contributed by atoms with E-state index in [9.17, 15) is 4.79 Å². The minimum Gasteiger partial charge on any atom is -0.340 e. The van der Waals surface area contributed by atoms with Gasteiger partial charge in [-0.2, -0.15) is 0 Å². The lowest BCUT2D eigenvalue weighted by Crippen LogP contribution is -2.04. The number of pyridine rings is 1. The molecule has 0 radical (unpaired) electrons. The first kappa shape index (κ1) is 7.82. The number of aromatic nitrogens is 1. The zero-order valence-electron chi connectivity index (χ0n) is 5.27.